The van der Waals surface area contributed by atoms with Gasteiger partial charge in [0.2, 0.25) is 5.82 Å². The fourth-order valence-corrected chi connectivity index (χ4v) is 1.82. The van der Waals surface area contributed by atoms with Crippen molar-refractivity contribution in [1.82, 2.24) is 15.2 Å². The topological polar surface area (TPSA) is 79.9 Å². The van der Waals surface area contributed by atoms with Gasteiger partial charge >= 0.3 is 0 Å². The maximum Gasteiger partial charge on any atom is 0.295 e. The lowest BCUT2D eigenvalue weighted by atomic mass is 10.3. The molecule has 0 saturated carbocycles. The molecular formula is C13H15ClN4O2. The first kappa shape index (κ1) is 14.3. The van der Waals surface area contributed by atoms with E-state index < -0.39 is 5.91 Å². The van der Waals surface area contributed by atoms with Crippen LogP contribution in [0.2, 0.25) is 5.02 Å². The SMILES string of the molecule is CCCc1nc(C(=O)Nc2cc(OC)ccc2Cl)n[nH]1. The van der Waals surface area contributed by atoms with E-state index in [1.807, 2.05) is 6.92 Å². The minimum absolute atomic E-state index is 0.0901. The van der Waals surface area contributed by atoms with Gasteiger partial charge in [-0.25, -0.2) is 4.98 Å². The molecule has 6 nitrogen and oxygen atoms in total. The highest BCUT2D eigenvalue weighted by atomic mass is 35.5. The molecular weight excluding hydrogens is 280 g/mol. The molecule has 2 rings (SSSR count). The van der Waals surface area contributed by atoms with Crippen LogP contribution in [-0.2, 0) is 6.42 Å². The van der Waals surface area contributed by atoms with Crippen LogP contribution in [0.25, 0.3) is 0 Å². The van der Waals surface area contributed by atoms with Gasteiger partial charge in [-0.3, -0.25) is 9.89 Å². The fourth-order valence-electron chi connectivity index (χ4n) is 1.65. The summed E-state index contributed by atoms with van der Waals surface area (Å²) in [7, 11) is 1.54. The number of H-pyrrole nitrogens is 1. The maximum absolute atomic E-state index is 12.0. The second-order valence-corrected chi connectivity index (χ2v) is 4.56. The van der Waals surface area contributed by atoms with Crippen LogP contribution < -0.4 is 10.1 Å². The van der Waals surface area contributed by atoms with Gasteiger partial charge in [-0.15, -0.1) is 5.10 Å². The second kappa shape index (κ2) is 6.38. The van der Waals surface area contributed by atoms with E-state index in [-0.39, 0.29) is 5.82 Å². The molecule has 20 heavy (non-hydrogen) atoms. The molecule has 1 heterocycles. The number of carbonyl (C=O) groups excluding carboxylic acids is 1. The number of aryl methyl sites for hydroxylation is 1. The van der Waals surface area contributed by atoms with E-state index in [0.29, 0.717) is 22.3 Å². The van der Waals surface area contributed by atoms with E-state index in [1.54, 1.807) is 25.3 Å². The quantitative estimate of drug-likeness (QED) is 0.888. The van der Waals surface area contributed by atoms with Crippen LogP contribution in [0.1, 0.15) is 29.8 Å². The van der Waals surface area contributed by atoms with Gasteiger partial charge in [-0.05, 0) is 18.6 Å². The number of nitrogens with zero attached hydrogens (tertiary/aromatic N) is 2. The third-order valence-corrected chi connectivity index (χ3v) is 2.97. The van der Waals surface area contributed by atoms with Crippen LogP contribution in [0.15, 0.2) is 18.2 Å². The predicted molar refractivity (Wildman–Crippen MR) is 76.3 cm³/mol. The third-order valence-electron chi connectivity index (χ3n) is 2.64. The molecule has 0 atom stereocenters. The first-order valence-electron chi connectivity index (χ1n) is 6.20. The van der Waals surface area contributed by atoms with Crippen molar-refractivity contribution in [3.05, 3.63) is 34.9 Å². The smallest absolute Gasteiger partial charge is 0.295 e. The Bertz CT molecular complexity index is 612. The minimum atomic E-state index is -0.418. The maximum atomic E-state index is 12.0. The number of hydrogen-bond donors (Lipinski definition) is 2. The van der Waals surface area contributed by atoms with Crippen molar-refractivity contribution in [1.29, 1.82) is 0 Å². The second-order valence-electron chi connectivity index (χ2n) is 4.16. The molecule has 0 aliphatic rings. The zero-order valence-electron chi connectivity index (χ0n) is 11.2. The summed E-state index contributed by atoms with van der Waals surface area (Å²) in [5.41, 5.74) is 0.456. The molecule has 7 heteroatoms. The Morgan fingerprint density at radius 2 is 2.30 bits per heavy atom. The number of ether oxygens (including phenoxy) is 1. The molecule has 2 aromatic rings. The van der Waals surface area contributed by atoms with Crippen molar-refractivity contribution >= 4 is 23.2 Å². The van der Waals surface area contributed by atoms with Gasteiger partial charge in [0.25, 0.3) is 5.91 Å². The van der Waals surface area contributed by atoms with E-state index in [1.165, 1.54) is 0 Å². The summed E-state index contributed by atoms with van der Waals surface area (Å²) in [6.45, 7) is 2.03. The number of nitrogens with one attached hydrogen (secondary N) is 2. The number of halogens is 1. The molecule has 0 fully saturated rings. The van der Waals surface area contributed by atoms with Crippen molar-refractivity contribution in [2.45, 2.75) is 19.8 Å². The molecule has 2 N–H and O–H groups in total. The Labute approximate surface area is 121 Å². The van der Waals surface area contributed by atoms with Gasteiger partial charge in [-0.2, -0.15) is 0 Å². The van der Waals surface area contributed by atoms with Gasteiger partial charge in [0, 0.05) is 12.5 Å². The first-order valence-corrected chi connectivity index (χ1v) is 6.58. The lowest BCUT2D eigenvalue weighted by Gasteiger charge is -2.07. The Morgan fingerprint density at radius 1 is 1.50 bits per heavy atom. The molecule has 0 aliphatic carbocycles. The Hall–Kier alpha value is -2.08. The molecule has 1 amide bonds. The molecule has 0 radical (unpaired) electrons. The molecule has 0 spiro atoms. The number of benzene rings is 1. The zero-order valence-corrected chi connectivity index (χ0v) is 12.0. The Morgan fingerprint density at radius 3 is 3.00 bits per heavy atom. The normalized spacial score (nSPS) is 10.3. The number of anilines is 1. The van der Waals surface area contributed by atoms with Crippen LogP contribution in [0.3, 0.4) is 0 Å². The van der Waals surface area contributed by atoms with Gasteiger partial charge < -0.3 is 10.1 Å². The molecule has 0 saturated heterocycles. The molecule has 106 valence electrons. The molecule has 1 aromatic heterocycles. The van der Waals surface area contributed by atoms with E-state index in [4.69, 9.17) is 16.3 Å². The summed E-state index contributed by atoms with van der Waals surface area (Å²) < 4.78 is 5.09. The largest absolute Gasteiger partial charge is 0.497 e. The summed E-state index contributed by atoms with van der Waals surface area (Å²) in [5, 5.41) is 9.69. The predicted octanol–water partition coefficient (Wildman–Crippen LogP) is 2.67. The highest BCUT2D eigenvalue weighted by molar-refractivity contribution is 6.33. The lowest BCUT2D eigenvalue weighted by Crippen LogP contribution is -2.14. The van der Waals surface area contributed by atoms with Crippen molar-refractivity contribution < 1.29 is 9.53 Å². The number of aromatic amines is 1. The zero-order chi connectivity index (χ0) is 14.5. The monoisotopic (exact) mass is 294 g/mol. The average Bonchev–Trinajstić information content (AvgIpc) is 2.90. The summed E-state index contributed by atoms with van der Waals surface area (Å²) >= 11 is 6.02. The number of rotatable bonds is 5. The molecule has 0 unspecified atom stereocenters. The van der Waals surface area contributed by atoms with Crippen molar-refractivity contribution in [3.8, 4) is 5.75 Å². The number of carbonyl (C=O) groups is 1. The average molecular weight is 295 g/mol. The fraction of sp³-hybridized carbons (Fsp3) is 0.308. The molecule has 0 aliphatic heterocycles. The van der Waals surface area contributed by atoms with Crippen LogP contribution in [0, 0.1) is 0 Å². The van der Waals surface area contributed by atoms with Gasteiger partial charge in [-0.1, -0.05) is 18.5 Å². The lowest BCUT2D eigenvalue weighted by molar-refractivity contribution is 0.101. The van der Waals surface area contributed by atoms with Crippen molar-refractivity contribution in [2.24, 2.45) is 0 Å². The Kier molecular flexibility index (Phi) is 4.57. The van der Waals surface area contributed by atoms with Gasteiger partial charge in [0.05, 0.1) is 17.8 Å². The minimum Gasteiger partial charge on any atom is -0.497 e. The van der Waals surface area contributed by atoms with E-state index in [9.17, 15) is 4.79 Å². The van der Waals surface area contributed by atoms with Crippen LogP contribution >= 0.6 is 11.6 Å². The van der Waals surface area contributed by atoms with Crippen LogP contribution in [0.4, 0.5) is 5.69 Å². The van der Waals surface area contributed by atoms with Crippen LogP contribution in [0.5, 0.6) is 5.75 Å². The van der Waals surface area contributed by atoms with Crippen molar-refractivity contribution in [2.75, 3.05) is 12.4 Å². The Balaban J connectivity index is 2.14. The summed E-state index contributed by atoms with van der Waals surface area (Å²) in [4.78, 5) is 16.1. The number of amides is 1. The highest BCUT2D eigenvalue weighted by Crippen LogP contribution is 2.26. The molecule has 1 aromatic carbocycles. The third kappa shape index (κ3) is 3.27. The van der Waals surface area contributed by atoms with Gasteiger partial charge in [0.1, 0.15) is 11.6 Å². The van der Waals surface area contributed by atoms with E-state index >= 15 is 0 Å². The van der Waals surface area contributed by atoms with Crippen molar-refractivity contribution in [3.63, 3.8) is 0 Å². The number of methoxy groups -OCH3 is 1. The van der Waals surface area contributed by atoms with Crippen LogP contribution in [-0.4, -0.2) is 28.2 Å². The summed E-state index contributed by atoms with van der Waals surface area (Å²) in [6.07, 6.45) is 1.68. The highest BCUT2D eigenvalue weighted by Gasteiger charge is 2.14. The van der Waals surface area contributed by atoms with E-state index in [0.717, 1.165) is 12.8 Å². The first-order chi connectivity index (χ1) is 9.63. The summed E-state index contributed by atoms with van der Waals surface area (Å²) in [6, 6.07) is 5.00. The molecule has 0 bridgehead atoms. The standard InChI is InChI=1S/C13H15ClN4O2/c1-3-4-11-16-12(18-17-11)13(19)15-10-7-8(20-2)5-6-9(10)14/h5-7H,3-4H2,1-2H3,(H,15,19)(H,16,17,18). The number of hydrogen-bond acceptors (Lipinski definition) is 4. The summed E-state index contributed by atoms with van der Waals surface area (Å²) in [5.74, 6) is 0.965. The van der Waals surface area contributed by atoms with Gasteiger partial charge in [0.15, 0.2) is 0 Å². The number of aromatic nitrogens is 3. The van der Waals surface area contributed by atoms with E-state index in [2.05, 4.69) is 20.5 Å².